The largest absolute Gasteiger partial charge is 0.285 e. The maximum Gasteiger partial charge on any atom is 0.251 e. The highest BCUT2D eigenvalue weighted by atomic mass is 15.4. The van der Waals surface area contributed by atoms with Crippen LogP contribution >= 0.6 is 0 Å². The fourth-order valence-electron chi connectivity index (χ4n) is 1.44. The van der Waals surface area contributed by atoms with Gasteiger partial charge in [-0.2, -0.15) is 5.11 Å². The van der Waals surface area contributed by atoms with E-state index in [2.05, 4.69) is 15.2 Å². The lowest BCUT2D eigenvalue weighted by atomic mass is 10.3. The van der Waals surface area contributed by atoms with Crippen molar-refractivity contribution in [3.05, 3.63) is 24.3 Å². The number of azo groups is 1. The van der Waals surface area contributed by atoms with E-state index in [1.54, 1.807) is 0 Å². The van der Waals surface area contributed by atoms with Gasteiger partial charge in [0.25, 0.3) is 5.95 Å². The van der Waals surface area contributed by atoms with E-state index < -0.39 is 0 Å². The standard InChI is InChI=1S/C8H6N4/c1-2-4-7-6(3-1)10-8-11-9-5-12(7)8/h1-4H,5H2. The van der Waals surface area contributed by atoms with Crippen molar-refractivity contribution < 1.29 is 0 Å². The first-order valence-electron chi connectivity index (χ1n) is 3.78. The number of hydrogen-bond donors (Lipinski definition) is 0. The van der Waals surface area contributed by atoms with Crippen LogP contribution in [0.1, 0.15) is 0 Å². The van der Waals surface area contributed by atoms with Crippen LogP contribution in [0.5, 0.6) is 0 Å². The number of nitrogens with zero attached hydrogens (tertiary/aromatic N) is 4. The van der Waals surface area contributed by atoms with Crippen LogP contribution in [-0.2, 0) is 6.67 Å². The van der Waals surface area contributed by atoms with Crippen molar-refractivity contribution in [1.29, 1.82) is 0 Å². The van der Waals surface area contributed by atoms with Crippen LogP contribution in [0, 0.1) is 0 Å². The van der Waals surface area contributed by atoms with Crippen LogP contribution in [-0.4, -0.2) is 9.55 Å². The van der Waals surface area contributed by atoms with E-state index in [0.717, 1.165) is 17.0 Å². The molecular weight excluding hydrogens is 152 g/mol. The molecule has 12 heavy (non-hydrogen) atoms. The van der Waals surface area contributed by atoms with Gasteiger partial charge >= 0.3 is 0 Å². The number of rotatable bonds is 0. The minimum atomic E-state index is 0.607. The summed E-state index contributed by atoms with van der Waals surface area (Å²) in [6, 6.07) is 7.98. The topological polar surface area (TPSA) is 42.5 Å². The molecule has 0 unspecified atom stereocenters. The second-order valence-electron chi connectivity index (χ2n) is 2.71. The summed E-state index contributed by atoms with van der Waals surface area (Å²) in [5.41, 5.74) is 2.10. The van der Waals surface area contributed by atoms with E-state index in [1.807, 2.05) is 28.8 Å². The average Bonchev–Trinajstić information content (AvgIpc) is 2.62. The quantitative estimate of drug-likeness (QED) is 0.578. The van der Waals surface area contributed by atoms with Crippen LogP contribution in [0.3, 0.4) is 0 Å². The molecule has 1 aliphatic rings. The molecule has 1 aromatic carbocycles. The molecule has 0 aliphatic carbocycles. The second-order valence-corrected chi connectivity index (χ2v) is 2.71. The summed E-state index contributed by atoms with van der Waals surface area (Å²) in [4.78, 5) is 4.30. The third kappa shape index (κ3) is 0.592. The molecule has 2 aromatic rings. The third-order valence-electron chi connectivity index (χ3n) is 2.00. The van der Waals surface area contributed by atoms with Gasteiger partial charge in [-0.15, -0.1) is 5.11 Å². The number of imidazole rings is 1. The Balaban J connectivity index is 2.49. The third-order valence-corrected chi connectivity index (χ3v) is 2.00. The van der Waals surface area contributed by atoms with E-state index in [1.165, 1.54) is 0 Å². The Hall–Kier alpha value is -1.71. The van der Waals surface area contributed by atoms with Gasteiger partial charge in [0.05, 0.1) is 11.0 Å². The first-order valence-corrected chi connectivity index (χ1v) is 3.78. The van der Waals surface area contributed by atoms with E-state index in [9.17, 15) is 0 Å². The first kappa shape index (κ1) is 5.88. The highest BCUT2D eigenvalue weighted by Crippen LogP contribution is 2.25. The smallest absolute Gasteiger partial charge is 0.251 e. The van der Waals surface area contributed by atoms with Crippen molar-refractivity contribution in [2.75, 3.05) is 0 Å². The van der Waals surface area contributed by atoms with Crippen molar-refractivity contribution >= 4 is 17.0 Å². The van der Waals surface area contributed by atoms with Gasteiger partial charge in [-0.25, -0.2) is 4.98 Å². The van der Waals surface area contributed by atoms with Crippen LogP contribution in [0.25, 0.3) is 11.0 Å². The normalized spacial score (nSPS) is 14.0. The summed E-state index contributed by atoms with van der Waals surface area (Å²) in [6.45, 7) is 0.607. The number of fused-ring (bicyclic) bond motifs is 3. The van der Waals surface area contributed by atoms with Gasteiger partial charge in [0.2, 0.25) is 0 Å². The Morgan fingerprint density at radius 3 is 3.17 bits per heavy atom. The molecule has 0 spiro atoms. The lowest BCUT2D eigenvalue weighted by Gasteiger charge is -1.92. The van der Waals surface area contributed by atoms with E-state index in [-0.39, 0.29) is 0 Å². The Kier molecular flexibility index (Phi) is 0.935. The maximum atomic E-state index is 4.30. The van der Waals surface area contributed by atoms with E-state index in [0.29, 0.717) is 6.67 Å². The first-order chi connectivity index (χ1) is 5.95. The van der Waals surface area contributed by atoms with Gasteiger partial charge in [-0.1, -0.05) is 12.1 Å². The molecule has 4 heteroatoms. The average molecular weight is 158 g/mol. The van der Waals surface area contributed by atoms with Crippen molar-refractivity contribution in [1.82, 2.24) is 9.55 Å². The van der Waals surface area contributed by atoms with E-state index >= 15 is 0 Å². The molecule has 0 saturated carbocycles. The Bertz CT molecular complexity index is 469. The zero-order chi connectivity index (χ0) is 7.97. The predicted octanol–water partition coefficient (Wildman–Crippen LogP) is 2.09. The van der Waals surface area contributed by atoms with Crippen LogP contribution < -0.4 is 0 Å². The summed E-state index contributed by atoms with van der Waals surface area (Å²) in [7, 11) is 0. The number of para-hydroxylation sites is 2. The molecule has 2 heterocycles. The zero-order valence-electron chi connectivity index (χ0n) is 6.31. The molecule has 0 fully saturated rings. The molecular formula is C8H6N4. The van der Waals surface area contributed by atoms with Crippen LogP contribution in [0.4, 0.5) is 5.95 Å². The predicted molar refractivity (Wildman–Crippen MR) is 44.2 cm³/mol. The molecule has 0 amide bonds. The van der Waals surface area contributed by atoms with Crippen molar-refractivity contribution in [2.24, 2.45) is 10.2 Å². The fourth-order valence-corrected chi connectivity index (χ4v) is 1.44. The molecule has 1 aliphatic heterocycles. The maximum absolute atomic E-state index is 4.30. The second kappa shape index (κ2) is 1.91. The molecule has 0 radical (unpaired) electrons. The lowest BCUT2D eigenvalue weighted by molar-refractivity contribution is 0.804. The van der Waals surface area contributed by atoms with Gasteiger partial charge in [0.1, 0.15) is 6.67 Å². The zero-order valence-corrected chi connectivity index (χ0v) is 6.31. The summed E-state index contributed by atoms with van der Waals surface area (Å²) < 4.78 is 2.00. The fraction of sp³-hybridized carbons (Fsp3) is 0.125. The summed E-state index contributed by atoms with van der Waals surface area (Å²) >= 11 is 0. The highest BCUT2D eigenvalue weighted by molar-refractivity contribution is 5.78. The molecule has 0 N–H and O–H groups in total. The lowest BCUT2D eigenvalue weighted by Crippen LogP contribution is -1.87. The SMILES string of the molecule is c1ccc2c(c1)nc1n2CN=N1. The molecule has 58 valence electrons. The molecule has 0 atom stereocenters. The Morgan fingerprint density at radius 1 is 1.25 bits per heavy atom. The van der Waals surface area contributed by atoms with Crippen molar-refractivity contribution in [2.45, 2.75) is 6.67 Å². The molecule has 4 nitrogen and oxygen atoms in total. The Morgan fingerprint density at radius 2 is 2.17 bits per heavy atom. The number of hydrogen-bond acceptors (Lipinski definition) is 3. The summed E-state index contributed by atoms with van der Waals surface area (Å²) in [6.07, 6.45) is 0. The minimum absolute atomic E-state index is 0.607. The van der Waals surface area contributed by atoms with Crippen molar-refractivity contribution in [3.8, 4) is 0 Å². The van der Waals surface area contributed by atoms with Gasteiger partial charge in [-0.3, -0.25) is 4.57 Å². The summed E-state index contributed by atoms with van der Waals surface area (Å²) in [5.74, 6) is 0.719. The van der Waals surface area contributed by atoms with Crippen molar-refractivity contribution in [3.63, 3.8) is 0 Å². The monoisotopic (exact) mass is 158 g/mol. The van der Waals surface area contributed by atoms with Gasteiger partial charge < -0.3 is 0 Å². The number of aromatic nitrogens is 2. The molecule has 0 bridgehead atoms. The molecule has 1 aromatic heterocycles. The van der Waals surface area contributed by atoms with Gasteiger partial charge in [-0.05, 0) is 12.1 Å². The molecule has 0 saturated heterocycles. The minimum Gasteiger partial charge on any atom is -0.285 e. The van der Waals surface area contributed by atoms with Gasteiger partial charge in [0.15, 0.2) is 0 Å². The highest BCUT2D eigenvalue weighted by Gasteiger charge is 2.12. The Labute approximate surface area is 68.6 Å². The van der Waals surface area contributed by atoms with Crippen LogP contribution in [0.15, 0.2) is 34.5 Å². The van der Waals surface area contributed by atoms with Crippen LogP contribution in [0.2, 0.25) is 0 Å². The molecule has 3 rings (SSSR count). The summed E-state index contributed by atoms with van der Waals surface area (Å²) in [5, 5.41) is 7.80. The van der Waals surface area contributed by atoms with E-state index in [4.69, 9.17) is 0 Å². The van der Waals surface area contributed by atoms with Gasteiger partial charge in [0, 0.05) is 0 Å². The number of benzene rings is 1.